The smallest absolute Gasteiger partial charge is 0.227 e. The van der Waals surface area contributed by atoms with Crippen LogP contribution in [0, 0.1) is 12.7 Å². The molecule has 1 amide bonds. The van der Waals surface area contributed by atoms with Gasteiger partial charge in [0.05, 0.1) is 6.04 Å². The molecule has 1 aromatic heterocycles. The molecule has 0 radical (unpaired) electrons. The summed E-state index contributed by atoms with van der Waals surface area (Å²) in [7, 11) is 4.00. The molecule has 0 saturated carbocycles. The Kier molecular flexibility index (Phi) is 7.52. The molecule has 0 aliphatic rings. The highest BCUT2D eigenvalue weighted by molar-refractivity contribution is 5.76. The molecule has 3 rings (SSSR count). The van der Waals surface area contributed by atoms with E-state index in [2.05, 4.69) is 51.5 Å². The highest BCUT2D eigenvalue weighted by Crippen LogP contribution is 2.20. The van der Waals surface area contributed by atoms with Gasteiger partial charge in [-0.15, -0.1) is 0 Å². The Hall–Kier alpha value is -3.06. The van der Waals surface area contributed by atoms with Gasteiger partial charge >= 0.3 is 0 Å². The van der Waals surface area contributed by atoms with E-state index >= 15 is 0 Å². The van der Waals surface area contributed by atoms with Crippen LogP contribution in [0.1, 0.15) is 42.0 Å². The molecule has 164 valence electrons. The van der Waals surface area contributed by atoms with E-state index in [9.17, 15) is 9.18 Å². The third kappa shape index (κ3) is 5.98. The normalized spacial score (nSPS) is 12.2. The maximum atomic E-state index is 13.8. The fraction of sp³-hybridized carbons (Fsp3) is 0.375. The van der Waals surface area contributed by atoms with Crippen molar-refractivity contribution in [2.24, 2.45) is 0 Å². The molecule has 0 fully saturated rings. The van der Waals surface area contributed by atoms with Crippen LogP contribution in [-0.4, -0.2) is 41.6 Å². The SMILES string of the molecule is CCc1ccc(C(CNC(=O)CCc2nc(-c3ccc(C)c(F)c3)no2)N(C)C)cc1. The van der Waals surface area contributed by atoms with Gasteiger partial charge in [-0.2, -0.15) is 4.98 Å². The lowest BCUT2D eigenvalue weighted by molar-refractivity contribution is -0.121. The molecule has 1 N–H and O–H groups in total. The number of likely N-dealkylation sites (N-methyl/N-ethyl adjacent to an activating group) is 1. The summed E-state index contributed by atoms with van der Waals surface area (Å²) in [6, 6.07) is 13.4. The van der Waals surface area contributed by atoms with Crippen LogP contribution < -0.4 is 5.32 Å². The van der Waals surface area contributed by atoms with Gasteiger partial charge in [-0.3, -0.25) is 4.79 Å². The van der Waals surface area contributed by atoms with Gasteiger partial charge in [0.2, 0.25) is 17.6 Å². The van der Waals surface area contributed by atoms with Gasteiger partial charge in [-0.25, -0.2) is 4.39 Å². The number of aromatic nitrogens is 2. The molecule has 1 atom stereocenters. The third-order valence-electron chi connectivity index (χ3n) is 5.35. The summed E-state index contributed by atoms with van der Waals surface area (Å²) in [4.78, 5) is 18.7. The minimum absolute atomic E-state index is 0.0845. The summed E-state index contributed by atoms with van der Waals surface area (Å²) in [6.07, 6.45) is 1.56. The number of hydrogen-bond acceptors (Lipinski definition) is 5. The number of benzene rings is 2. The lowest BCUT2D eigenvalue weighted by atomic mass is 10.0. The van der Waals surface area contributed by atoms with Crippen molar-refractivity contribution in [2.75, 3.05) is 20.6 Å². The van der Waals surface area contributed by atoms with Crippen LogP contribution in [0.5, 0.6) is 0 Å². The number of rotatable bonds is 9. The average molecular weight is 425 g/mol. The van der Waals surface area contributed by atoms with Gasteiger partial charge in [0.25, 0.3) is 0 Å². The number of nitrogens with zero attached hydrogens (tertiary/aromatic N) is 3. The van der Waals surface area contributed by atoms with Gasteiger partial charge in [-0.1, -0.05) is 48.5 Å². The van der Waals surface area contributed by atoms with E-state index in [0.717, 1.165) is 12.0 Å². The molecule has 31 heavy (non-hydrogen) atoms. The van der Waals surface area contributed by atoms with Gasteiger partial charge in [0.1, 0.15) is 5.82 Å². The van der Waals surface area contributed by atoms with Gasteiger partial charge in [-0.05, 0) is 50.2 Å². The summed E-state index contributed by atoms with van der Waals surface area (Å²) in [5, 5.41) is 6.89. The maximum absolute atomic E-state index is 13.8. The Labute approximate surface area is 182 Å². The van der Waals surface area contributed by atoms with Crippen molar-refractivity contribution >= 4 is 5.91 Å². The number of amides is 1. The molecule has 3 aromatic rings. The highest BCUT2D eigenvalue weighted by atomic mass is 19.1. The molecule has 0 saturated heterocycles. The van der Waals surface area contributed by atoms with Crippen molar-refractivity contribution in [3.8, 4) is 11.4 Å². The molecule has 0 aliphatic carbocycles. The number of nitrogens with one attached hydrogen (secondary N) is 1. The van der Waals surface area contributed by atoms with Gasteiger partial charge in [0.15, 0.2) is 0 Å². The zero-order valence-electron chi connectivity index (χ0n) is 18.5. The zero-order chi connectivity index (χ0) is 22.4. The van der Waals surface area contributed by atoms with Crippen LogP contribution in [0.15, 0.2) is 47.0 Å². The summed E-state index contributed by atoms with van der Waals surface area (Å²) in [6.45, 7) is 4.33. The second-order valence-corrected chi connectivity index (χ2v) is 7.85. The quantitative estimate of drug-likeness (QED) is 0.560. The molecule has 0 bridgehead atoms. The Morgan fingerprint density at radius 3 is 2.58 bits per heavy atom. The van der Waals surface area contributed by atoms with Crippen molar-refractivity contribution in [3.05, 3.63) is 70.9 Å². The van der Waals surface area contributed by atoms with E-state index in [4.69, 9.17) is 4.52 Å². The fourth-order valence-electron chi connectivity index (χ4n) is 3.30. The van der Waals surface area contributed by atoms with Crippen LogP contribution in [0.2, 0.25) is 0 Å². The van der Waals surface area contributed by atoms with E-state index in [-0.39, 0.29) is 24.2 Å². The Bertz CT molecular complexity index is 1010. The molecule has 0 spiro atoms. The molecular weight excluding hydrogens is 395 g/mol. The van der Waals surface area contributed by atoms with Crippen molar-refractivity contribution < 1.29 is 13.7 Å². The molecule has 2 aromatic carbocycles. The lowest BCUT2D eigenvalue weighted by Gasteiger charge is -2.25. The highest BCUT2D eigenvalue weighted by Gasteiger charge is 2.16. The monoisotopic (exact) mass is 424 g/mol. The molecule has 0 aliphatic heterocycles. The van der Waals surface area contributed by atoms with E-state index in [1.165, 1.54) is 11.6 Å². The Morgan fingerprint density at radius 1 is 1.19 bits per heavy atom. The summed E-state index contributed by atoms with van der Waals surface area (Å²) >= 11 is 0. The van der Waals surface area contributed by atoms with E-state index in [1.54, 1.807) is 19.1 Å². The summed E-state index contributed by atoms with van der Waals surface area (Å²) < 4.78 is 19.0. The molecule has 1 heterocycles. The maximum Gasteiger partial charge on any atom is 0.227 e. The predicted octanol–water partition coefficient (Wildman–Crippen LogP) is 4.10. The van der Waals surface area contributed by atoms with Gasteiger partial charge < -0.3 is 14.7 Å². The van der Waals surface area contributed by atoms with Crippen LogP contribution in [0.3, 0.4) is 0 Å². The first-order chi connectivity index (χ1) is 14.9. The number of carbonyl (C=O) groups is 1. The third-order valence-corrected chi connectivity index (χ3v) is 5.35. The molecular formula is C24H29FN4O2. The molecule has 6 nitrogen and oxygen atoms in total. The van der Waals surface area contributed by atoms with Crippen molar-refractivity contribution in [1.29, 1.82) is 0 Å². The van der Waals surface area contributed by atoms with Crippen LogP contribution >= 0.6 is 0 Å². The molecule has 1 unspecified atom stereocenters. The number of hydrogen-bond donors (Lipinski definition) is 1. The number of aryl methyl sites for hydroxylation is 3. The first kappa shape index (κ1) is 22.6. The second kappa shape index (κ2) is 10.3. The van der Waals surface area contributed by atoms with E-state index in [1.807, 2.05) is 14.1 Å². The van der Waals surface area contributed by atoms with E-state index in [0.29, 0.717) is 35.8 Å². The zero-order valence-corrected chi connectivity index (χ0v) is 18.5. The number of halogens is 1. The Balaban J connectivity index is 1.53. The largest absolute Gasteiger partial charge is 0.354 e. The first-order valence-electron chi connectivity index (χ1n) is 10.5. The van der Waals surface area contributed by atoms with Crippen molar-refractivity contribution in [3.63, 3.8) is 0 Å². The Morgan fingerprint density at radius 2 is 1.94 bits per heavy atom. The van der Waals surface area contributed by atoms with Crippen LogP contribution in [0.4, 0.5) is 4.39 Å². The second-order valence-electron chi connectivity index (χ2n) is 7.85. The van der Waals surface area contributed by atoms with Crippen molar-refractivity contribution in [1.82, 2.24) is 20.4 Å². The summed E-state index contributed by atoms with van der Waals surface area (Å²) in [5.74, 6) is 0.268. The minimum atomic E-state index is -0.317. The minimum Gasteiger partial charge on any atom is -0.354 e. The predicted molar refractivity (Wildman–Crippen MR) is 118 cm³/mol. The van der Waals surface area contributed by atoms with Crippen LogP contribution in [0.25, 0.3) is 11.4 Å². The standard InChI is InChI=1S/C24H29FN4O2/c1-5-17-7-10-18(11-8-17)21(29(3)4)15-26-22(30)12-13-23-27-24(28-31-23)19-9-6-16(2)20(25)14-19/h6-11,14,21H,5,12-13,15H2,1-4H3,(H,26,30). The average Bonchev–Trinajstić information content (AvgIpc) is 3.23. The number of carbonyl (C=O) groups excluding carboxylic acids is 1. The van der Waals surface area contributed by atoms with Crippen LogP contribution in [-0.2, 0) is 17.6 Å². The summed E-state index contributed by atoms with van der Waals surface area (Å²) in [5.41, 5.74) is 3.55. The molecule has 7 heteroatoms. The fourth-order valence-corrected chi connectivity index (χ4v) is 3.30. The van der Waals surface area contributed by atoms with E-state index < -0.39 is 0 Å². The van der Waals surface area contributed by atoms with Gasteiger partial charge in [0, 0.05) is 24.9 Å². The van der Waals surface area contributed by atoms with Crippen molar-refractivity contribution in [2.45, 2.75) is 39.2 Å². The topological polar surface area (TPSA) is 71.3 Å². The lowest BCUT2D eigenvalue weighted by Crippen LogP contribution is -2.34. The first-order valence-corrected chi connectivity index (χ1v) is 10.5.